The van der Waals surface area contributed by atoms with E-state index in [0.717, 1.165) is 6.42 Å². The van der Waals surface area contributed by atoms with Crippen LogP contribution >= 0.6 is 0 Å². The molecule has 0 heterocycles. The maximum absolute atomic E-state index is 10.6. The molecule has 0 radical (unpaired) electrons. The molecular formula is C9H15NO4. The molecule has 0 spiro atoms. The Labute approximate surface area is 82.2 Å². The fourth-order valence-electron chi connectivity index (χ4n) is 0.901. The predicted octanol–water partition coefficient (Wildman–Crippen LogP) is 0.599. The lowest BCUT2D eigenvalue weighted by molar-refractivity contribution is -0.138. The van der Waals surface area contributed by atoms with Crippen molar-refractivity contribution in [2.45, 2.75) is 32.2 Å². The van der Waals surface area contributed by atoms with Crippen LogP contribution in [0.1, 0.15) is 26.2 Å². The van der Waals surface area contributed by atoms with Crippen LogP contribution in [0.5, 0.6) is 0 Å². The molecule has 5 nitrogen and oxygen atoms in total. The summed E-state index contributed by atoms with van der Waals surface area (Å²) in [6.45, 7) is 1.91. The van der Waals surface area contributed by atoms with Crippen LogP contribution in [0.2, 0.25) is 0 Å². The molecule has 0 fully saturated rings. The molecule has 4 N–H and O–H groups in total. The third kappa shape index (κ3) is 4.61. The van der Waals surface area contributed by atoms with Gasteiger partial charge in [0.15, 0.2) is 0 Å². The summed E-state index contributed by atoms with van der Waals surface area (Å²) in [6, 6.07) is -1.14. The van der Waals surface area contributed by atoms with E-state index in [2.05, 4.69) is 0 Å². The molecule has 0 saturated heterocycles. The maximum atomic E-state index is 10.6. The molecular weight excluding hydrogens is 186 g/mol. The van der Waals surface area contributed by atoms with E-state index >= 15 is 0 Å². The fourth-order valence-corrected chi connectivity index (χ4v) is 0.901. The van der Waals surface area contributed by atoms with Crippen molar-refractivity contribution in [3.05, 3.63) is 11.6 Å². The van der Waals surface area contributed by atoms with E-state index in [1.807, 2.05) is 6.92 Å². The number of hydrogen-bond donors (Lipinski definition) is 3. The van der Waals surface area contributed by atoms with E-state index in [9.17, 15) is 9.59 Å². The standard InChI is InChI=1S/C9H15NO4/c1-2-3-4-6(8(11)12)5-7(10)9(13)14/h4,7H,2-3,5,10H2,1H3,(H,11,12)(H,13,14)/b6-4+/t7-/m0/s1. The molecule has 80 valence electrons. The van der Waals surface area contributed by atoms with Gasteiger partial charge in [-0.05, 0) is 6.42 Å². The van der Waals surface area contributed by atoms with Crippen molar-refractivity contribution in [1.29, 1.82) is 0 Å². The van der Waals surface area contributed by atoms with Crippen LogP contribution in [0.15, 0.2) is 11.6 Å². The molecule has 5 heteroatoms. The third-order valence-corrected chi connectivity index (χ3v) is 1.71. The molecule has 0 aromatic carbocycles. The zero-order valence-electron chi connectivity index (χ0n) is 8.06. The zero-order chi connectivity index (χ0) is 11.1. The normalized spacial score (nSPS) is 13.7. The first kappa shape index (κ1) is 12.6. The maximum Gasteiger partial charge on any atom is 0.331 e. The second kappa shape index (κ2) is 6.15. The van der Waals surface area contributed by atoms with Gasteiger partial charge in [0, 0.05) is 12.0 Å². The molecule has 0 aromatic rings. The Morgan fingerprint density at radius 1 is 1.43 bits per heavy atom. The first-order valence-corrected chi connectivity index (χ1v) is 4.39. The van der Waals surface area contributed by atoms with Crippen molar-refractivity contribution >= 4 is 11.9 Å². The van der Waals surface area contributed by atoms with Crippen LogP contribution in [0.4, 0.5) is 0 Å². The Morgan fingerprint density at radius 2 is 2.00 bits per heavy atom. The molecule has 0 aliphatic rings. The number of rotatable bonds is 6. The van der Waals surface area contributed by atoms with E-state index < -0.39 is 18.0 Å². The number of aliphatic carboxylic acids is 2. The lowest BCUT2D eigenvalue weighted by Gasteiger charge is -2.06. The second-order valence-electron chi connectivity index (χ2n) is 2.97. The number of nitrogens with two attached hydrogens (primary N) is 1. The molecule has 0 saturated carbocycles. The van der Waals surface area contributed by atoms with Crippen molar-refractivity contribution in [3.8, 4) is 0 Å². The smallest absolute Gasteiger partial charge is 0.331 e. The highest BCUT2D eigenvalue weighted by Gasteiger charge is 2.17. The fraction of sp³-hybridized carbons (Fsp3) is 0.556. The van der Waals surface area contributed by atoms with Crippen LogP contribution in [0, 0.1) is 0 Å². The monoisotopic (exact) mass is 201 g/mol. The summed E-state index contributed by atoms with van der Waals surface area (Å²) in [5.74, 6) is -2.29. The van der Waals surface area contributed by atoms with Crippen molar-refractivity contribution in [3.63, 3.8) is 0 Å². The first-order valence-electron chi connectivity index (χ1n) is 4.39. The Hall–Kier alpha value is -1.36. The molecule has 0 rings (SSSR count). The Morgan fingerprint density at radius 3 is 2.36 bits per heavy atom. The summed E-state index contributed by atoms with van der Waals surface area (Å²) in [5, 5.41) is 17.2. The highest BCUT2D eigenvalue weighted by molar-refractivity contribution is 5.88. The van der Waals surface area contributed by atoms with Crippen LogP contribution in [0.3, 0.4) is 0 Å². The van der Waals surface area contributed by atoms with E-state index in [1.54, 1.807) is 0 Å². The molecule has 0 aromatic heterocycles. The minimum absolute atomic E-state index is 0.0711. The van der Waals surface area contributed by atoms with Gasteiger partial charge >= 0.3 is 11.9 Å². The molecule has 0 aliphatic heterocycles. The van der Waals surface area contributed by atoms with Crippen molar-refractivity contribution < 1.29 is 19.8 Å². The van der Waals surface area contributed by atoms with Gasteiger partial charge in [0.1, 0.15) is 6.04 Å². The van der Waals surface area contributed by atoms with Gasteiger partial charge in [-0.1, -0.05) is 19.4 Å². The van der Waals surface area contributed by atoms with E-state index in [4.69, 9.17) is 15.9 Å². The van der Waals surface area contributed by atoms with E-state index in [-0.39, 0.29) is 12.0 Å². The molecule has 1 atom stereocenters. The second-order valence-corrected chi connectivity index (χ2v) is 2.97. The minimum atomic E-state index is -1.19. The number of unbranched alkanes of at least 4 members (excludes halogenated alkanes) is 1. The van der Waals surface area contributed by atoms with Crippen molar-refractivity contribution in [2.24, 2.45) is 5.73 Å². The van der Waals surface area contributed by atoms with Crippen LogP contribution in [0.25, 0.3) is 0 Å². The summed E-state index contributed by atoms with van der Waals surface area (Å²) < 4.78 is 0. The topological polar surface area (TPSA) is 101 Å². The number of carboxylic acids is 2. The van der Waals surface area contributed by atoms with Gasteiger partial charge in [0.05, 0.1) is 0 Å². The van der Waals surface area contributed by atoms with Crippen LogP contribution < -0.4 is 5.73 Å². The number of carbonyl (C=O) groups is 2. The lowest BCUT2D eigenvalue weighted by atomic mass is 10.1. The molecule has 14 heavy (non-hydrogen) atoms. The SMILES string of the molecule is CCC/C=C(\C[C@H](N)C(=O)O)C(=O)O. The van der Waals surface area contributed by atoms with Gasteiger partial charge in [-0.3, -0.25) is 4.79 Å². The molecule has 0 amide bonds. The first-order chi connectivity index (χ1) is 6.49. The highest BCUT2D eigenvalue weighted by Crippen LogP contribution is 2.07. The highest BCUT2D eigenvalue weighted by atomic mass is 16.4. The minimum Gasteiger partial charge on any atom is -0.480 e. The Balaban J connectivity index is 4.38. The van der Waals surface area contributed by atoms with Gasteiger partial charge in [-0.2, -0.15) is 0 Å². The third-order valence-electron chi connectivity index (χ3n) is 1.71. The van der Waals surface area contributed by atoms with E-state index in [1.165, 1.54) is 6.08 Å². The number of allylic oxidation sites excluding steroid dienone is 1. The zero-order valence-corrected chi connectivity index (χ0v) is 8.06. The van der Waals surface area contributed by atoms with Gasteiger partial charge < -0.3 is 15.9 Å². The lowest BCUT2D eigenvalue weighted by Crippen LogP contribution is -2.31. The summed E-state index contributed by atoms with van der Waals surface area (Å²) in [7, 11) is 0. The van der Waals surface area contributed by atoms with Crippen LogP contribution in [-0.4, -0.2) is 28.2 Å². The Bertz CT molecular complexity index is 247. The predicted molar refractivity (Wildman–Crippen MR) is 50.9 cm³/mol. The van der Waals surface area contributed by atoms with Gasteiger partial charge in [0.25, 0.3) is 0 Å². The van der Waals surface area contributed by atoms with Gasteiger partial charge in [0.2, 0.25) is 0 Å². The molecule has 0 bridgehead atoms. The molecule has 0 unspecified atom stereocenters. The quantitative estimate of drug-likeness (QED) is 0.546. The van der Waals surface area contributed by atoms with Crippen LogP contribution in [-0.2, 0) is 9.59 Å². The summed E-state index contributed by atoms with van der Waals surface area (Å²) >= 11 is 0. The Kier molecular flexibility index (Phi) is 5.55. The summed E-state index contributed by atoms with van der Waals surface area (Å²) in [6.07, 6.45) is 2.82. The number of hydrogen-bond acceptors (Lipinski definition) is 3. The largest absolute Gasteiger partial charge is 0.480 e. The van der Waals surface area contributed by atoms with Gasteiger partial charge in [-0.15, -0.1) is 0 Å². The van der Waals surface area contributed by atoms with E-state index in [0.29, 0.717) is 6.42 Å². The average molecular weight is 201 g/mol. The number of carboxylic acid groups (broad SMARTS) is 2. The van der Waals surface area contributed by atoms with Crippen molar-refractivity contribution in [1.82, 2.24) is 0 Å². The summed E-state index contributed by atoms with van der Waals surface area (Å²) in [4.78, 5) is 21.0. The molecule has 0 aliphatic carbocycles. The van der Waals surface area contributed by atoms with Gasteiger partial charge in [-0.25, -0.2) is 4.79 Å². The average Bonchev–Trinajstić information content (AvgIpc) is 2.10. The summed E-state index contributed by atoms with van der Waals surface area (Å²) in [5.41, 5.74) is 5.29. The van der Waals surface area contributed by atoms with Crippen molar-refractivity contribution in [2.75, 3.05) is 0 Å².